The van der Waals surface area contributed by atoms with Gasteiger partial charge in [-0.1, -0.05) is 12.1 Å². The normalized spacial score (nSPS) is 13.9. The monoisotopic (exact) mass is 290 g/mol. The molecular formula is C16H22N2O3. The number of aromatic nitrogens is 2. The van der Waals surface area contributed by atoms with Crippen molar-refractivity contribution < 1.29 is 14.6 Å². The van der Waals surface area contributed by atoms with E-state index in [1.807, 2.05) is 48.9 Å². The molecule has 0 fully saturated rings. The van der Waals surface area contributed by atoms with Crippen LogP contribution < -0.4 is 4.74 Å². The first-order chi connectivity index (χ1) is 10.2. The Balaban J connectivity index is 2.12. The zero-order valence-electron chi connectivity index (χ0n) is 12.7. The van der Waals surface area contributed by atoms with Gasteiger partial charge in [0.15, 0.2) is 0 Å². The van der Waals surface area contributed by atoms with Crippen molar-refractivity contribution in [2.24, 2.45) is 0 Å². The van der Waals surface area contributed by atoms with Crippen molar-refractivity contribution in [3.05, 3.63) is 48.0 Å². The molecule has 0 saturated carbocycles. The molecule has 1 aromatic heterocycles. The standard InChI is InChI=1S/C16H22N2O3/c1-4-21-12(2)16-17-8-9-18(16)11-15(19)13-6-5-7-14(10-13)20-3/h5-10,12,15,19H,4,11H2,1-3H3/t12-,15-/m1/s1. The number of methoxy groups -OCH3 is 1. The summed E-state index contributed by atoms with van der Waals surface area (Å²) in [6.45, 7) is 4.97. The molecule has 2 rings (SSSR count). The Labute approximate surface area is 125 Å². The number of hydrogen-bond acceptors (Lipinski definition) is 4. The van der Waals surface area contributed by atoms with Gasteiger partial charge in [-0.05, 0) is 31.5 Å². The lowest BCUT2D eigenvalue weighted by Gasteiger charge is -2.17. The highest BCUT2D eigenvalue weighted by Crippen LogP contribution is 2.22. The number of nitrogens with zero attached hydrogens (tertiary/aromatic N) is 2. The number of ether oxygens (including phenoxy) is 2. The summed E-state index contributed by atoms with van der Waals surface area (Å²) in [6.07, 6.45) is 2.86. The molecule has 0 aliphatic heterocycles. The van der Waals surface area contributed by atoms with E-state index in [-0.39, 0.29) is 6.10 Å². The van der Waals surface area contributed by atoms with E-state index >= 15 is 0 Å². The van der Waals surface area contributed by atoms with E-state index < -0.39 is 6.10 Å². The highest BCUT2D eigenvalue weighted by molar-refractivity contribution is 5.29. The van der Waals surface area contributed by atoms with Crippen LogP contribution in [0.1, 0.15) is 37.4 Å². The second kappa shape index (κ2) is 7.24. The maximum Gasteiger partial charge on any atom is 0.137 e. The summed E-state index contributed by atoms with van der Waals surface area (Å²) >= 11 is 0. The zero-order chi connectivity index (χ0) is 15.2. The quantitative estimate of drug-likeness (QED) is 0.852. The molecule has 0 bridgehead atoms. The van der Waals surface area contributed by atoms with Crippen LogP contribution in [0.2, 0.25) is 0 Å². The van der Waals surface area contributed by atoms with Crippen molar-refractivity contribution in [1.29, 1.82) is 0 Å². The van der Waals surface area contributed by atoms with Crippen molar-refractivity contribution in [3.8, 4) is 5.75 Å². The van der Waals surface area contributed by atoms with Gasteiger partial charge in [-0.15, -0.1) is 0 Å². The van der Waals surface area contributed by atoms with Crippen LogP contribution in [0, 0.1) is 0 Å². The number of imidazole rings is 1. The minimum Gasteiger partial charge on any atom is -0.497 e. The van der Waals surface area contributed by atoms with E-state index in [1.54, 1.807) is 13.3 Å². The lowest BCUT2D eigenvalue weighted by molar-refractivity contribution is 0.0644. The number of aliphatic hydroxyl groups excluding tert-OH is 1. The van der Waals surface area contributed by atoms with Crippen LogP contribution in [0.15, 0.2) is 36.7 Å². The molecule has 0 unspecified atom stereocenters. The topological polar surface area (TPSA) is 56.5 Å². The summed E-state index contributed by atoms with van der Waals surface area (Å²) in [6, 6.07) is 7.45. The highest BCUT2D eigenvalue weighted by atomic mass is 16.5. The molecule has 2 atom stereocenters. The van der Waals surface area contributed by atoms with Crippen molar-refractivity contribution in [1.82, 2.24) is 9.55 Å². The van der Waals surface area contributed by atoms with Gasteiger partial charge < -0.3 is 19.1 Å². The van der Waals surface area contributed by atoms with Gasteiger partial charge in [-0.2, -0.15) is 0 Å². The molecule has 0 aliphatic carbocycles. The Hall–Kier alpha value is -1.85. The largest absolute Gasteiger partial charge is 0.497 e. The van der Waals surface area contributed by atoms with Crippen LogP contribution in [0.3, 0.4) is 0 Å². The zero-order valence-corrected chi connectivity index (χ0v) is 12.7. The Bertz CT molecular complexity index is 568. The van der Waals surface area contributed by atoms with Gasteiger partial charge in [0, 0.05) is 19.0 Å². The minimum absolute atomic E-state index is 0.0949. The van der Waals surface area contributed by atoms with E-state index in [0.717, 1.165) is 17.1 Å². The van der Waals surface area contributed by atoms with E-state index in [0.29, 0.717) is 13.2 Å². The fourth-order valence-corrected chi connectivity index (χ4v) is 2.30. The molecule has 0 aliphatic rings. The van der Waals surface area contributed by atoms with Gasteiger partial charge in [0.25, 0.3) is 0 Å². The molecule has 1 aromatic carbocycles. The van der Waals surface area contributed by atoms with Crippen molar-refractivity contribution in [3.63, 3.8) is 0 Å². The number of benzene rings is 1. The van der Waals surface area contributed by atoms with Crippen LogP contribution in [0.5, 0.6) is 5.75 Å². The second-order valence-electron chi connectivity index (χ2n) is 4.83. The summed E-state index contributed by atoms with van der Waals surface area (Å²) in [4.78, 5) is 4.32. The first kappa shape index (κ1) is 15.5. The molecule has 1 heterocycles. The summed E-state index contributed by atoms with van der Waals surface area (Å²) in [7, 11) is 1.61. The molecule has 0 spiro atoms. The van der Waals surface area contributed by atoms with E-state index in [9.17, 15) is 5.11 Å². The fourth-order valence-electron chi connectivity index (χ4n) is 2.30. The third-order valence-electron chi connectivity index (χ3n) is 3.38. The molecular weight excluding hydrogens is 268 g/mol. The lowest BCUT2D eigenvalue weighted by Crippen LogP contribution is -2.14. The maximum atomic E-state index is 10.4. The molecule has 21 heavy (non-hydrogen) atoms. The minimum atomic E-state index is -0.623. The molecule has 5 nitrogen and oxygen atoms in total. The predicted molar refractivity (Wildman–Crippen MR) is 80.2 cm³/mol. The predicted octanol–water partition coefficient (Wildman–Crippen LogP) is 2.72. The average Bonchev–Trinajstić information content (AvgIpc) is 2.95. The summed E-state index contributed by atoms with van der Waals surface area (Å²) in [5.41, 5.74) is 0.818. The maximum absolute atomic E-state index is 10.4. The number of hydrogen-bond donors (Lipinski definition) is 1. The summed E-state index contributed by atoms with van der Waals surface area (Å²) < 4.78 is 12.7. The Morgan fingerprint density at radius 1 is 1.38 bits per heavy atom. The molecule has 114 valence electrons. The Kier molecular flexibility index (Phi) is 5.36. The summed E-state index contributed by atoms with van der Waals surface area (Å²) in [5.74, 6) is 1.55. The van der Waals surface area contributed by atoms with Crippen LogP contribution >= 0.6 is 0 Å². The van der Waals surface area contributed by atoms with Crippen LogP contribution in [0.25, 0.3) is 0 Å². The smallest absolute Gasteiger partial charge is 0.137 e. The number of rotatable bonds is 7. The van der Waals surface area contributed by atoms with Gasteiger partial charge in [0.1, 0.15) is 17.7 Å². The van der Waals surface area contributed by atoms with Gasteiger partial charge in [0.2, 0.25) is 0 Å². The molecule has 0 radical (unpaired) electrons. The van der Waals surface area contributed by atoms with Crippen LogP contribution in [0.4, 0.5) is 0 Å². The van der Waals surface area contributed by atoms with Gasteiger partial charge in [-0.25, -0.2) is 4.98 Å². The van der Waals surface area contributed by atoms with Crippen molar-refractivity contribution in [2.75, 3.05) is 13.7 Å². The van der Waals surface area contributed by atoms with Crippen LogP contribution in [-0.2, 0) is 11.3 Å². The molecule has 0 amide bonds. The highest BCUT2D eigenvalue weighted by Gasteiger charge is 2.15. The Morgan fingerprint density at radius 2 is 2.19 bits per heavy atom. The van der Waals surface area contributed by atoms with E-state index in [1.165, 1.54) is 0 Å². The average molecular weight is 290 g/mol. The molecule has 2 aromatic rings. The van der Waals surface area contributed by atoms with Crippen molar-refractivity contribution >= 4 is 0 Å². The molecule has 1 N–H and O–H groups in total. The summed E-state index contributed by atoms with van der Waals surface area (Å²) in [5, 5.41) is 10.4. The van der Waals surface area contributed by atoms with E-state index in [4.69, 9.17) is 9.47 Å². The van der Waals surface area contributed by atoms with E-state index in [2.05, 4.69) is 4.98 Å². The van der Waals surface area contributed by atoms with Gasteiger partial charge in [-0.3, -0.25) is 0 Å². The van der Waals surface area contributed by atoms with Gasteiger partial charge >= 0.3 is 0 Å². The lowest BCUT2D eigenvalue weighted by atomic mass is 10.1. The Morgan fingerprint density at radius 3 is 2.90 bits per heavy atom. The first-order valence-corrected chi connectivity index (χ1v) is 7.10. The van der Waals surface area contributed by atoms with Gasteiger partial charge in [0.05, 0.1) is 19.8 Å². The first-order valence-electron chi connectivity index (χ1n) is 7.10. The second-order valence-corrected chi connectivity index (χ2v) is 4.83. The molecule has 0 saturated heterocycles. The fraction of sp³-hybridized carbons (Fsp3) is 0.438. The third-order valence-corrected chi connectivity index (χ3v) is 3.38. The third kappa shape index (κ3) is 3.83. The number of aliphatic hydroxyl groups is 1. The SMILES string of the molecule is CCO[C@H](C)c1nccn1C[C@@H](O)c1cccc(OC)c1. The van der Waals surface area contributed by atoms with Crippen molar-refractivity contribution in [2.45, 2.75) is 32.6 Å². The molecule has 5 heteroatoms. The van der Waals surface area contributed by atoms with Crippen LogP contribution in [-0.4, -0.2) is 28.4 Å².